The topological polar surface area (TPSA) is 26.0 Å². The van der Waals surface area contributed by atoms with Gasteiger partial charge in [0.1, 0.15) is 0 Å². The van der Waals surface area contributed by atoms with Crippen molar-refractivity contribution in [1.82, 2.24) is 0 Å². The zero-order valence-electron chi connectivity index (χ0n) is 15.6. The molecule has 0 amide bonds. The van der Waals surface area contributed by atoms with Gasteiger partial charge in [-0.05, 0) is 61.5 Å². The van der Waals surface area contributed by atoms with Crippen LogP contribution in [0, 0.1) is 0 Å². The van der Waals surface area contributed by atoms with E-state index in [9.17, 15) is 0 Å². The molecular weight excluding hydrogens is 338 g/mol. The molecule has 0 aliphatic rings. The smallest absolute Gasteiger partial charge is 0.0184 e. The lowest BCUT2D eigenvalue weighted by Crippen LogP contribution is -2.00. The molecule has 134 valence electrons. The van der Waals surface area contributed by atoms with Gasteiger partial charge in [-0.2, -0.15) is 0 Å². The summed E-state index contributed by atoms with van der Waals surface area (Å²) in [6.07, 6.45) is 0. The van der Waals surface area contributed by atoms with Crippen molar-refractivity contribution in [3.63, 3.8) is 0 Å². The van der Waals surface area contributed by atoms with Gasteiger partial charge in [-0.25, -0.2) is 0 Å². The molecule has 2 N–H and O–H groups in total. The summed E-state index contributed by atoms with van der Waals surface area (Å²) in [6.45, 7) is 0.517. The molecule has 0 saturated heterocycles. The maximum absolute atomic E-state index is 6.14. The summed E-state index contributed by atoms with van der Waals surface area (Å²) in [6, 6.07) is 36.8. The molecule has 0 bridgehead atoms. The maximum Gasteiger partial charge on any atom is 0.0184 e. The highest BCUT2D eigenvalue weighted by molar-refractivity contribution is 5.95. The molecule has 1 nitrogen and oxygen atoms in total. The predicted molar refractivity (Wildman–Crippen MR) is 120 cm³/mol. The Morgan fingerprint density at radius 1 is 0.500 bits per heavy atom. The van der Waals surface area contributed by atoms with Crippen molar-refractivity contribution in [3.8, 4) is 22.3 Å². The maximum atomic E-state index is 6.14. The van der Waals surface area contributed by atoms with E-state index in [1.54, 1.807) is 0 Å². The van der Waals surface area contributed by atoms with Gasteiger partial charge in [0.2, 0.25) is 0 Å². The monoisotopic (exact) mass is 359 g/mol. The fourth-order valence-corrected chi connectivity index (χ4v) is 4.05. The number of rotatable bonds is 3. The highest BCUT2D eigenvalue weighted by Gasteiger charge is 2.12. The first kappa shape index (κ1) is 16.7. The quantitative estimate of drug-likeness (QED) is 0.377. The Bertz CT molecular complexity index is 1300. The molecule has 0 radical (unpaired) electrons. The highest BCUT2D eigenvalue weighted by Crippen LogP contribution is 2.37. The van der Waals surface area contributed by atoms with Crippen LogP contribution < -0.4 is 5.73 Å². The molecule has 0 aromatic heterocycles. The largest absolute Gasteiger partial charge is 0.326 e. The summed E-state index contributed by atoms with van der Waals surface area (Å²) in [4.78, 5) is 0. The van der Waals surface area contributed by atoms with E-state index in [0.717, 1.165) is 0 Å². The number of hydrogen-bond acceptors (Lipinski definition) is 1. The van der Waals surface area contributed by atoms with Gasteiger partial charge in [-0.15, -0.1) is 0 Å². The van der Waals surface area contributed by atoms with Gasteiger partial charge in [0.05, 0.1) is 0 Å². The normalized spacial score (nSPS) is 11.2. The van der Waals surface area contributed by atoms with Crippen molar-refractivity contribution in [2.24, 2.45) is 5.73 Å². The van der Waals surface area contributed by atoms with Crippen molar-refractivity contribution in [3.05, 3.63) is 109 Å². The van der Waals surface area contributed by atoms with E-state index < -0.39 is 0 Å². The molecular formula is C27H21N. The first-order valence-electron chi connectivity index (χ1n) is 9.64. The van der Waals surface area contributed by atoms with Crippen LogP contribution in [-0.2, 0) is 6.54 Å². The van der Waals surface area contributed by atoms with Gasteiger partial charge < -0.3 is 5.73 Å². The number of hydrogen-bond donors (Lipinski definition) is 1. The van der Waals surface area contributed by atoms with Crippen LogP contribution in [0.5, 0.6) is 0 Å². The Morgan fingerprint density at radius 3 is 1.71 bits per heavy atom. The zero-order valence-corrected chi connectivity index (χ0v) is 15.6. The minimum atomic E-state index is 0.517. The minimum Gasteiger partial charge on any atom is -0.326 e. The third kappa shape index (κ3) is 2.87. The Labute approximate surface area is 165 Å². The fraction of sp³-hybridized carbons (Fsp3) is 0.0370. The average molecular weight is 359 g/mol. The molecule has 5 aromatic carbocycles. The molecule has 0 aliphatic heterocycles. The molecule has 0 atom stereocenters. The van der Waals surface area contributed by atoms with Gasteiger partial charge >= 0.3 is 0 Å². The molecule has 0 aliphatic carbocycles. The Hall–Kier alpha value is -3.42. The zero-order chi connectivity index (χ0) is 18.9. The van der Waals surface area contributed by atoms with Crippen LogP contribution in [0.15, 0.2) is 103 Å². The van der Waals surface area contributed by atoms with Crippen molar-refractivity contribution in [2.75, 3.05) is 0 Å². The number of nitrogens with two attached hydrogens (primary N) is 1. The van der Waals surface area contributed by atoms with Gasteiger partial charge in [0.25, 0.3) is 0 Å². The van der Waals surface area contributed by atoms with E-state index in [1.165, 1.54) is 49.4 Å². The van der Waals surface area contributed by atoms with Gasteiger partial charge in [0.15, 0.2) is 0 Å². The van der Waals surface area contributed by atoms with Crippen LogP contribution in [-0.4, -0.2) is 0 Å². The Kier molecular flexibility index (Phi) is 4.16. The Morgan fingerprint density at radius 2 is 1.07 bits per heavy atom. The first-order chi connectivity index (χ1) is 13.8. The number of benzene rings is 5. The average Bonchev–Trinajstić information content (AvgIpc) is 2.78. The van der Waals surface area contributed by atoms with Crippen LogP contribution in [0.4, 0.5) is 0 Å². The van der Waals surface area contributed by atoms with Crippen LogP contribution in [0.25, 0.3) is 43.8 Å². The van der Waals surface area contributed by atoms with Crippen molar-refractivity contribution < 1.29 is 0 Å². The lowest BCUT2D eigenvalue weighted by Gasteiger charge is -2.16. The lowest BCUT2D eigenvalue weighted by atomic mass is 9.89. The lowest BCUT2D eigenvalue weighted by molar-refractivity contribution is 1.07. The van der Waals surface area contributed by atoms with Crippen LogP contribution >= 0.6 is 0 Å². The summed E-state index contributed by atoms with van der Waals surface area (Å²) < 4.78 is 0. The van der Waals surface area contributed by atoms with E-state index in [-0.39, 0.29) is 0 Å². The molecule has 5 aromatic rings. The molecule has 28 heavy (non-hydrogen) atoms. The van der Waals surface area contributed by atoms with Gasteiger partial charge in [0, 0.05) is 6.54 Å². The second kappa shape index (κ2) is 6.95. The second-order valence-electron chi connectivity index (χ2n) is 7.17. The van der Waals surface area contributed by atoms with Crippen LogP contribution in [0.3, 0.4) is 0 Å². The van der Waals surface area contributed by atoms with Gasteiger partial charge in [-0.3, -0.25) is 0 Å². The number of fused-ring (bicyclic) bond motifs is 2. The van der Waals surface area contributed by atoms with E-state index in [1.807, 2.05) is 0 Å². The molecule has 0 saturated carbocycles. The van der Waals surface area contributed by atoms with E-state index >= 15 is 0 Å². The second-order valence-corrected chi connectivity index (χ2v) is 7.17. The molecule has 0 unspecified atom stereocenters. The minimum absolute atomic E-state index is 0.517. The molecule has 1 heteroatoms. The molecule has 0 heterocycles. The van der Waals surface area contributed by atoms with Crippen molar-refractivity contribution in [1.29, 1.82) is 0 Å². The Balaban J connectivity index is 1.76. The summed E-state index contributed by atoms with van der Waals surface area (Å²) in [5.74, 6) is 0. The van der Waals surface area contributed by atoms with Crippen molar-refractivity contribution >= 4 is 21.5 Å². The van der Waals surface area contributed by atoms with Crippen LogP contribution in [0.2, 0.25) is 0 Å². The summed E-state index contributed by atoms with van der Waals surface area (Å²) in [5.41, 5.74) is 12.2. The predicted octanol–water partition coefficient (Wildman–Crippen LogP) is 6.79. The third-order valence-corrected chi connectivity index (χ3v) is 5.47. The molecule has 5 rings (SSSR count). The van der Waals surface area contributed by atoms with E-state index in [0.29, 0.717) is 6.54 Å². The first-order valence-corrected chi connectivity index (χ1v) is 9.64. The summed E-state index contributed by atoms with van der Waals surface area (Å²) in [7, 11) is 0. The third-order valence-electron chi connectivity index (χ3n) is 5.47. The van der Waals surface area contributed by atoms with E-state index in [2.05, 4.69) is 103 Å². The molecule has 0 spiro atoms. The summed E-state index contributed by atoms with van der Waals surface area (Å²) >= 11 is 0. The SMILES string of the molecule is NCc1cccc(-c2ccc3ccccc3c2)c1-c1ccc2ccccc2c1. The van der Waals surface area contributed by atoms with E-state index in [4.69, 9.17) is 5.73 Å². The summed E-state index contributed by atoms with van der Waals surface area (Å²) in [5, 5.41) is 5.01. The highest BCUT2D eigenvalue weighted by atomic mass is 14.5. The van der Waals surface area contributed by atoms with Crippen molar-refractivity contribution in [2.45, 2.75) is 6.54 Å². The standard InChI is InChI=1S/C27H21N/c28-18-25-10-5-11-26(23-14-12-19-6-1-3-8-21(19)16-23)27(25)24-15-13-20-7-2-4-9-22(20)17-24/h1-17H,18,28H2. The van der Waals surface area contributed by atoms with Crippen LogP contribution in [0.1, 0.15) is 5.56 Å². The van der Waals surface area contributed by atoms with Gasteiger partial charge in [-0.1, -0.05) is 91.0 Å². The fourth-order valence-electron chi connectivity index (χ4n) is 4.05. The molecule has 0 fully saturated rings.